The van der Waals surface area contributed by atoms with Crippen molar-refractivity contribution in [1.82, 2.24) is 14.6 Å². The van der Waals surface area contributed by atoms with Crippen molar-refractivity contribution in [2.24, 2.45) is 0 Å². The Morgan fingerprint density at radius 2 is 1.55 bits per heavy atom. The number of carbonyl (C=O) groups excluding carboxylic acids is 1. The summed E-state index contributed by atoms with van der Waals surface area (Å²) in [6.45, 7) is 0.932. The molecule has 2 aromatic carbocycles. The van der Waals surface area contributed by atoms with E-state index in [0.29, 0.717) is 0 Å². The maximum absolute atomic E-state index is 12.7. The molecule has 1 amide bonds. The molecule has 0 bridgehead atoms. The molecule has 0 saturated carbocycles. The average Bonchev–Trinajstić information content (AvgIpc) is 2.78. The normalized spacial score (nSPS) is 15.4. The van der Waals surface area contributed by atoms with Gasteiger partial charge in [0.1, 0.15) is 0 Å². The van der Waals surface area contributed by atoms with Gasteiger partial charge >= 0.3 is 5.97 Å². The fourth-order valence-electron chi connectivity index (χ4n) is 2.76. The third-order valence-electron chi connectivity index (χ3n) is 4.41. The van der Waals surface area contributed by atoms with Crippen molar-refractivity contribution in [1.29, 1.82) is 0 Å². The lowest BCUT2D eigenvalue weighted by Crippen LogP contribution is -2.42. The van der Waals surface area contributed by atoms with Crippen LogP contribution < -0.4 is 10.3 Å². The Hall–Kier alpha value is -2.84. The molecule has 0 radical (unpaired) electrons. The number of carboxylic acids is 1. The van der Waals surface area contributed by atoms with Crippen molar-refractivity contribution in [3.05, 3.63) is 59.7 Å². The summed E-state index contributed by atoms with van der Waals surface area (Å²) in [5, 5.41) is 8.87. The van der Waals surface area contributed by atoms with Gasteiger partial charge in [0.25, 0.3) is 15.9 Å². The van der Waals surface area contributed by atoms with Gasteiger partial charge < -0.3 is 9.84 Å². The Morgan fingerprint density at radius 3 is 2.16 bits per heavy atom. The monoisotopic (exact) mass is 469 g/mol. The highest BCUT2D eigenvalue weighted by Gasteiger charge is 2.27. The molecule has 0 aromatic heterocycles. The third-order valence-corrected chi connectivity index (χ3v) is 7.57. The molecule has 3 N–H and O–H groups in total. The zero-order valence-corrected chi connectivity index (χ0v) is 17.6. The summed E-state index contributed by atoms with van der Waals surface area (Å²) in [5.74, 6) is -2.08. The number of carbonyl (C=O) groups is 2. The Balaban J connectivity index is 1.72. The van der Waals surface area contributed by atoms with E-state index in [4.69, 9.17) is 9.84 Å². The number of sulfonamides is 2. The summed E-state index contributed by atoms with van der Waals surface area (Å²) < 4.78 is 56.4. The molecule has 0 unspecified atom stereocenters. The van der Waals surface area contributed by atoms with E-state index in [1.165, 1.54) is 22.5 Å². The number of carboxylic acid groups (broad SMARTS) is 1. The first-order valence-electron chi connectivity index (χ1n) is 8.95. The van der Waals surface area contributed by atoms with Crippen molar-refractivity contribution < 1.29 is 36.3 Å². The summed E-state index contributed by atoms with van der Waals surface area (Å²) in [6.07, 6.45) is 0. The fourth-order valence-corrected chi connectivity index (χ4v) is 5.05. The van der Waals surface area contributed by atoms with E-state index in [-0.39, 0.29) is 47.2 Å². The third kappa shape index (κ3) is 5.26. The second-order valence-corrected chi connectivity index (χ2v) is 10.1. The molecule has 0 spiro atoms. The number of hydrogen-bond acceptors (Lipinski definition) is 7. The largest absolute Gasteiger partial charge is 0.478 e. The van der Waals surface area contributed by atoms with Crippen molar-refractivity contribution in [2.45, 2.75) is 9.79 Å². The summed E-state index contributed by atoms with van der Waals surface area (Å²) in [5.41, 5.74) is 1.84. The number of benzene rings is 2. The van der Waals surface area contributed by atoms with E-state index >= 15 is 0 Å². The molecule has 1 fully saturated rings. The number of morpholine rings is 1. The first-order chi connectivity index (χ1) is 14.6. The average molecular weight is 469 g/mol. The minimum absolute atomic E-state index is 0.0711. The van der Waals surface area contributed by atoms with Crippen LogP contribution in [0.3, 0.4) is 0 Å². The van der Waals surface area contributed by atoms with Gasteiger partial charge in [0.15, 0.2) is 0 Å². The topological polar surface area (TPSA) is 159 Å². The van der Waals surface area contributed by atoms with Gasteiger partial charge in [-0.1, -0.05) is 6.07 Å². The van der Waals surface area contributed by atoms with Crippen LogP contribution >= 0.6 is 0 Å². The molecule has 0 atom stereocenters. The quantitative estimate of drug-likeness (QED) is 0.479. The van der Waals surface area contributed by atoms with Crippen molar-refractivity contribution in [3.63, 3.8) is 0 Å². The number of hydrogen-bond donors (Lipinski definition) is 3. The molecule has 1 aliphatic rings. The van der Waals surface area contributed by atoms with E-state index in [2.05, 4.69) is 0 Å². The van der Waals surface area contributed by atoms with E-state index in [0.717, 1.165) is 30.3 Å². The predicted molar refractivity (Wildman–Crippen MR) is 107 cm³/mol. The lowest BCUT2D eigenvalue weighted by Gasteiger charge is -2.26. The zero-order chi connectivity index (χ0) is 22.6. The van der Waals surface area contributed by atoms with Gasteiger partial charge in [-0.2, -0.15) is 4.31 Å². The number of amides is 1. The molecular formula is C18H19N3O8S2. The molecule has 11 nitrogen and oxygen atoms in total. The lowest BCUT2D eigenvalue weighted by atomic mass is 10.2. The molecule has 1 heterocycles. The lowest BCUT2D eigenvalue weighted by molar-refractivity contribution is 0.0696. The fraction of sp³-hybridized carbons (Fsp3) is 0.222. The van der Waals surface area contributed by atoms with Crippen LogP contribution in [-0.2, 0) is 24.8 Å². The minimum Gasteiger partial charge on any atom is -0.478 e. The van der Waals surface area contributed by atoms with Crippen LogP contribution in [0.4, 0.5) is 0 Å². The van der Waals surface area contributed by atoms with E-state index in [1.807, 2.05) is 10.3 Å². The summed E-state index contributed by atoms with van der Waals surface area (Å²) >= 11 is 0. The number of aromatic carboxylic acids is 1. The van der Waals surface area contributed by atoms with Crippen LogP contribution in [0.25, 0.3) is 0 Å². The highest BCUT2D eigenvalue weighted by Crippen LogP contribution is 2.18. The van der Waals surface area contributed by atoms with Crippen LogP contribution in [0.15, 0.2) is 58.3 Å². The standard InChI is InChI=1S/C18H19N3O8S2/c22-17(19-20-30(25,26)15-6-4-13(5-7-15)18(23)24)14-2-1-3-16(12-14)31(27,28)21-8-10-29-11-9-21/h1-7,12,20H,8-11H2,(H,19,22)(H,23,24). The van der Waals surface area contributed by atoms with Crippen LogP contribution in [0.2, 0.25) is 0 Å². The predicted octanol–water partition coefficient (Wildman–Crippen LogP) is 0.0290. The van der Waals surface area contributed by atoms with Crippen LogP contribution in [-0.4, -0.2) is 64.4 Å². The highest BCUT2D eigenvalue weighted by molar-refractivity contribution is 7.89. The smallest absolute Gasteiger partial charge is 0.335 e. The summed E-state index contributed by atoms with van der Waals surface area (Å²) in [6, 6.07) is 9.58. The number of nitrogens with zero attached hydrogens (tertiary/aromatic N) is 1. The first-order valence-corrected chi connectivity index (χ1v) is 11.9. The summed E-state index contributed by atoms with van der Waals surface area (Å²) in [7, 11) is -8.01. The number of hydrazine groups is 1. The number of ether oxygens (including phenoxy) is 1. The van der Waals surface area contributed by atoms with Gasteiger partial charge in [-0.3, -0.25) is 10.2 Å². The van der Waals surface area contributed by atoms with Crippen molar-refractivity contribution >= 4 is 31.9 Å². The van der Waals surface area contributed by atoms with Gasteiger partial charge in [0.05, 0.1) is 28.6 Å². The van der Waals surface area contributed by atoms with Crippen LogP contribution in [0, 0.1) is 0 Å². The van der Waals surface area contributed by atoms with Gasteiger partial charge in [0.2, 0.25) is 10.0 Å². The zero-order valence-electron chi connectivity index (χ0n) is 16.0. The molecule has 3 rings (SSSR count). The molecule has 0 aliphatic carbocycles. The van der Waals surface area contributed by atoms with Crippen LogP contribution in [0.1, 0.15) is 20.7 Å². The minimum atomic E-state index is -4.18. The molecule has 166 valence electrons. The molecular weight excluding hydrogens is 450 g/mol. The Bertz CT molecular complexity index is 1190. The Labute approximate surface area is 178 Å². The first kappa shape index (κ1) is 22.8. The van der Waals surface area contributed by atoms with Gasteiger partial charge in [0, 0.05) is 18.7 Å². The Morgan fingerprint density at radius 1 is 0.903 bits per heavy atom. The maximum Gasteiger partial charge on any atom is 0.335 e. The molecule has 1 aliphatic heterocycles. The maximum atomic E-state index is 12.7. The molecule has 2 aromatic rings. The van der Waals surface area contributed by atoms with Gasteiger partial charge in [-0.25, -0.2) is 21.6 Å². The van der Waals surface area contributed by atoms with E-state index < -0.39 is 31.9 Å². The second-order valence-electron chi connectivity index (χ2n) is 6.43. The highest BCUT2D eigenvalue weighted by atomic mass is 32.2. The summed E-state index contributed by atoms with van der Waals surface area (Å²) in [4.78, 5) is 24.8. The van der Waals surface area contributed by atoms with Gasteiger partial charge in [-0.15, -0.1) is 4.83 Å². The van der Waals surface area contributed by atoms with Crippen LogP contribution in [0.5, 0.6) is 0 Å². The van der Waals surface area contributed by atoms with E-state index in [1.54, 1.807) is 0 Å². The van der Waals surface area contributed by atoms with E-state index in [9.17, 15) is 26.4 Å². The second kappa shape index (κ2) is 9.11. The molecule has 1 saturated heterocycles. The molecule has 31 heavy (non-hydrogen) atoms. The number of rotatable bonds is 7. The van der Waals surface area contributed by atoms with Crippen molar-refractivity contribution in [3.8, 4) is 0 Å². The van der Waals surface area contributed by atoms with Crippen molar-refractivity contribution in [2.75, 3.05) is 26.3 Å². The van der Waals surface area contributed by atoms with Gasteiger partial charge in [-0.05, 0) is 42.5 Å². The number of nitrogens with one attached hydrogen (secondary N) is 2. The molecule has 13 heteroatoms. The SMILES string of the molecule is O=C(O)c1ccc(S(=O)(=O)NNC(=O)c2cccc(S(=O)(=O)N3CCOCC3)c2)cc1. The Kier molecular flexibility index (Phi) is 6.71.